The largest absolute Gasteiger partial charge is 0.310 e. The zero-order valence-corrected chi connectivity index (χ0v) is 13.2. The van der Waals surface area contributed by atoms with Crippen molar-refractivity contribution in [3.05, 3.63) is 69.7 Å². The number of benzene rings is 2. The zero-order chi connectivity index (χ0) is 14.5. The van der Waals surface area contributed by atoms with Crippen LogP contribution in [0, 0.1) is 0 Å². The topological polar surface area (TPSA) is 12.0 Å². The van der Waals surface area contributed by atoms with E-state index in [-0.39, 0.29) is 6.04 Å². The summed E-state index contributed by atoms with van der Waals surface area (Å²) >= 11 is 12.5. The van der Waals surface area contributed by atoms with Crippen molar-refractivity contribution in [3.63, 3.8) is 0 Å². The van der Waals surface area contributed by atoms with Crippen molar-refractivity contribution in [2.75, 3.05) is 6.54 Å². The van der Waals surface area contributed by atoms with Gasteiger partial charge in [-0.25, -0.2) is 0 Å². The van der Waals surface area contributed by atoms with Gasteiger partial charge in [-0.15, -0.1) is 0 Å². The van der Waals surface area contributed by atoms with Gasteiger partial charge in [0.15, 0.2) is 0 Å². The Labute approximate surface area is 130 Å². The van der Waals surface area contributed by atoms with Gasteiger partial charge < -0.3 is 5.32 Å². The van der Waals surface area contributed by atoms with E-state index in [1.54, 1.807) is 0 Å². The zero-order valence-electron chi connectivity index (χ0n) is 11.7. The predicted octanol–water partition coefficient (Wildman–Crippen LogP) is 5.45. The molecular formula is C17H19Cl2N. The Morgan fingerprint density at radius 3 is 2.40 bits per heavy atom. The lowest BCUT2D eigenvalue weighted by Crippen LogP contribution is -2.26. The van der Waals surface area contributed by atoms with E-state index in [0.717, 1.165) is 17.1 Å². The maximum absolute atomic E-state index is 6.36. The highest BCUT2D eigenvalue weighted by atomic mass is 35.5. The Kier molecular flexibility index (Phi) is 5.47. The van der Waals surface area contributed by atoms with Crippen LogP contribution in [0.2, 0.25) is 10.0 Å². The molecule has 0 bridgehead atoms. The fourth-order valence-electron chi connectivity index (χ4n) is 2.48. The molecular weight excluding hydrogens is 289 g/mol. The molecule has 0 radical (unpaired) electrons. The monoisotopic (exact) mass is 307 g/mol. The molecule has 2 rings (SSSR count). The maximum Gasteiger partial charge on any atom is 0.0455 e. The second-order valence-electron chi connectivity index (χ2n) is 4.90. The molecule has 20 heavy (non-hydrogen) atoms. The third-order valence-corrected chi connectivity index (χ3v) is 4.12. The van der Waals surface area contributed by atoms with Crippen LogP contribution in [-0.4, -0.2) is 6.54 Å². The standard InChI is InChI=1S/C17H19Cl2N/c1-3-20-17(12(2)13-7-5-4-6-8-13)15-11-14(18)9-10-16(15)19/h4-12,17,20H,3H2,1-2H3. The highest BCUT2D eigenvalue weighted by Crippen LogP contribution is 2.35. The summed E-state index contributed by atoms with van der Waals surface area (Å²) in [6, 6.07) is 16.2. The van der Waals surface area contributed by atoms with Crippen molar-refractivity contribution in [2.45, 2.75) is 25.8 Å². The first kappa shape index (κ1) is 15.4. The summed E-state index contributed by atoms with van der Waals surface area (Å²) in [6.07, 6.45) is 0. The van der Waals surface area contributed by atoms with Gasteiger partial charge in [0.25, 0.3) is 0 Å². The van der Waals surface area contributed by atoms with E-state index in [1.807, 2.05) is 24.3 Å². The van der Waals surface area contributed by atoms with E-state index >= 15 is 0 Å². The number of likely N-dealkylation sites (N-methyl/N-ethyl adjacent to an activating group) is 1. The molecule has 3 heteroatoms. The fourth-order valence-corrected chi connectivity index (χ4v) is 2.89. The third kappa shape index (κ3) is 3.54. The summed E-state index contributed by atoms with van der Waals surface area (Å²) in [7, 11) is 0. The van der Waals surface area contributed by atoms with Gasteiger partial charge in [0.1, 0.15) is 0 Å². The number of rotatable bonds is 5. The molecule has 2 aromatic carbocycles. The van der Waals surface area contributed by atoms with Crippen LogP contribution in [0.1, 0.15) is 36.9 Å². The van der Waals surface area contributed by atoms with E-state index in [1.165, 1.54) is 5.56 Å². The number of hydrogen-bond donors (Lipinski definition) is 1. The van der Waals surface area contributed by atoms with E-state index < -0.39 is 0 Å². The molecule has 106 valence electrons. The summed E-state index contributed by atoms with van der Waals surface area (Å²) in [6.45, 7) is 5.19. The van der Waals surface area contributed by atoms with Gasteiger partial charge in [0, 0.05) is 22.0 Å². The van der Waals surface area contributed by atoms with Crippen LogP contribution >= 0.6 is 23.2 Å². The number of nitrogens with one attached hydrogen (secondary N) is 1. The lowest BCUT2D eigenvalue weighted by molar-refractivity contribution is 0.479. The number of hydrogen-bond acceptors (Lipinski definition) is 1. The molecule has 0 aliphatic heterocycles. The van der Waals surface area contributed by atoms with Gasteiger partial charge in [-0.3, -0.25) is 0 Å². The normalized spacial score (nSPS) is 14.0. The van der Waals surface area contributed by atoms with Crippen molar-refractivity contribution >= 4 is 23.2 Å². The Morgan fingerprint density at radius 2 is 1.75 bits per heavy atom. The molecule has 0 aliphatic carbocycles. The summed E-state index contributed by atoms with van der Waals surface area (Å²) in [5, 5.41) is 4.99. The van der Waals surface area contributed by atoms with Crippen molar-refractivity contribution in [2.24, 2.45) is 0 Å². The number of halogens is 2. The summed E-state index contributed by atoms with van der Waals surface area (Å²) < 4.78 is 0. The van der Waals surface area contributed by atoms with Gasteiger partial charge in [0.2, 0.25) is 0 Å². The highest BCUT2D eigenvalue weighted by Gasteiger charge is 2.22. The second-order valence-corrected chi connectivity index (χ2v) is 5.74. The molecule has 2 unspecified atom stereocenters. The Morgan fingerprint density at radius 1 is 1.05 bits per heavy atom. The van der Waals surface area contributed by atoms with Gasteiger partial charge in [-0.05, 0) is 35.9 Å². The lowest BCUT2D eigenvalue weighted by Gasteiger charge is -2.26. The Bertz CT molecular complexity index is 554. The van der Waals surface area contributed by atoms with Crippen LogP contribution in [0.4, 0.5) is 0 Å². The molecule has 2 aromatic rings. The molecule has 0 saturated carbocycles. The third-order valence-electron chi connectivity index (χ3n) is 3.54. The van der Waals surface area contributed by atoms with Crippen molar-refractivity contribution in [3.8, 4) is 0 Å². The van der Waals surface area contributed by atoms with E-state index in [0.29, 0.717) is 10.9 Å². The quantitative estimate of drug-likeness (QED) is 0.774. The molecule has 0 aliphatic rings. The molecule has 0 amide bonds. The summed E-state index contributed by atoms with van der Waals surface area (Å²) in [4.78, 5) is 0. The average Bonchev–Trinajstić information content (AvgIpc) is 2.48. The highest BCUT2D eigenvalue weighted by molar-refractivity contribution is 6.33. The van der Waals surface area contributed by atoms with Gasteiger partial charge in [0.05, 0.1) is 0 Å². The van der Waals surface area contributed by atoms with Gasteiger partial charge >= 0.3 is 0 Å². The van der Waals surface area contributed by atoms with Crippen molar-refractivity contribution in [1.82, 2.24) is 5.32 Å². The molecule has 2 atom stereocenters. The van der Waals surface area contributed by atoms with Crippen LogP contribution < -0.4 is 5.32 Å². The van der Waals surface area contributed by atoms with E-state index in [2.05, 4.69) is 43.4 Å². The maximum atomic E-state index is 6.36. The molecule has 0 saturated heterocycles. The van der Waals surface area contributed by atoms with Crippen LogP contribution in [0.3, 0.4) is 0 Å². The molecule has 0 fully saturated rings. The van der Waals surface area contributed by atoms with Crippen LogP contribution in [-0.2, 0) is 0 Å². The summed E-state index contributed by atoms with van der Waals surface area (Å²) in [5.41, 5.74) is 2.34. The predicted molar refractivity (Wildman–Crippen MR) is 87.7 cm³/mol. The minimum atomic E-state index is 0.147. The van der Waals surface area contributed by atoms with Crippen LogP contribution in [0.25, 0.3) is 0 Å². The molecule has 0 aromatic heterocycles. The second kappa shape index (κ2) is 7.12. The summed E-state index contributed by atoms with van der Waals surface area (Å²) in [5.74, 6) is 0.312. The first-order valence-electron chi connectivity index (χ1n) is 6.86. The van der Waals surface area contributed by atoms with Gasteiger partial charge in [-0.2, -0.15) is 0 Å². The molecule has 0 spiro atoms. The van der Waals surface area contributed by atoms with Gasteiger partial charge in [-0.1, -0.05) is 67.4 Å². The smallest absolute Gasteiger partial charge is 0.0455 e. The fraction of sp³-hybridized carbons (Fsp3) is 0.294. The van der Waals surface area contributed by atoms with Crippen LogP contribution in [0.5, 0.6) is 0 Å². The minimum Gasteiger partial charge on any atom is -0.310 e. The van der Waals surface area contributed by atoms with E-state index in [4.69, 9.17) is 23.2 Å². The Hall–Kier alpha value is -1.02. The lowest BCUT2D eigenvalue weighted by atomic mass is 9.88. The first-order chi connectivity index (χ1) is 9.63. The SMILES string of the molecule is CCNC(c1cc(Cl)ccc1Cl)C(C)c1ccccc1. The first-order valence-corrected chi connectivity index (χ1v) is 7.62. The molecule has 0 heterocycles. The van der Waals surface area contributed by atoms with Crippen molar-refractivity contribution < 1.29 is 0 Å². The molecule has 1 nitrogen and oxygen atoms in total. The van der Waals surface area contributed by atoms with Crippen molar-refractivity contribution in [1.29, 1.82) is 0 Å². The average molecular weight is 308 g/mol. The Balaban J connectivity index is 2.38. The van der Waals surface area contributed by atoms with E-state index in [9.17, 15) is 0 Å². The minimum absolute atomic E-state index is 0.147. The van der Waals surface area contributed by atoms with Crippen LogP contribution in [0.15, 0.2) is 48.5 Å². The molecule has 1 N–H and O–H groups in total.